The lowest BCUT2D eigenvalue weighted by Gasteiger charge is -2.04. The van der Waals surface area contributed by atoms with Crippen LogP contribution in [0.4, 0.5) is 4.39 Å². The average Bonchev–Trinajstić information content (AvgIpc) is 2.74. The van der Waals surface area contributed by atoms with Crippen LogP contribution < -0.4 is 0 Å². The number of benzene rings is 1. The summed E-state index contributed by atoms with van der Waals surface area (Å²) in [7, 11) is 0. The topological polar surface area (TPSA) is 17.3 Å². The molecule has 2 heterocycles. The molecule has 18 heavy (non-hydrogen) atoms. The first-order chi connectivity index (χ1) is 8.74. The van der Waals surface area contributed by atoms with Crippen molar-refractivity contribution in [2.75, 3.05) is 0 Å². The third-order valence-electron chi connectivity index (χ3n) is 2.83. The lowest BCUT2D eigenvalue weighted by molar-refractivity contribution is 0.625. The SMILES string of the molecule is Fc1cccc(Cc2ncc3cccc(Br)n23)c1. The maximum Gasteiger partial charge on any atom is 0.123 e. The summed E-state index contributed by atoms with van der Waals surface area (Å²) in [6.07, 6.45) is 2.42. The summed E-state index contributed by atoms with van der Waals surface area (Å²) in [6, 6.07) is 12.5. The molecule has 3 aromatic rings. The van der Waals surface area contributed by atoms with Gasteiger partial charge in [0.25, 0.3) is 0 Å². The van der Waals surface area contributed by atoms with Crippen LogP contribution >= 0.6 is 15.9 Å². The van der Waals surface area contributed by atoms with Gasteiger partial charge < -0.3 is 0 Å². The molecule has 0 saturated heterocycles. The predicted octanol–water partition coefficient (Wildman–Crippen LogP) is 3.83. The fourth-order valence-electron chi connectivity index (χ4n) is 2.02. The van der Waals surface area contributed by atoms with Gasteiger partial charge in [-0.2, -0.15) is 0 Å². The molecule has 0 unspecified atom stereocenters. The van der Waals surface area contributed by atoms with Crippen molar-refractivity contribution in [1.29, 1.82) is 0 Å². The smallest absolute Gasteiger partial charge is 0.123 e. The minimum absolute atomic E-state index is 0.215. The Morgan fingerprint density at radius 3 is 2.83 bits per heavy atom. The van der Waals surface area contributed by atoms with E-state index < -0.39 is 0 Å². The number of hydrogen-bond acceptors (Lipinski definition) is 1. The van der Waals surface area contributed by atoms with Crippen LogP contribution in [0, 0.1) is 5.82 Å². The molecule has 0 aliphatic carbocycles. The Labute approximate surface area is 112 Å². The van der Waals surface area contributed by atoms with Gasteiger partial charge in [-0.15, -0.1) is 0 Å². The van der Waals surface area contributed by atoms with Crippen LogP contribution in [-0.2, 0) is 6.42 Å². The quantitative estimate of drug-likeness (QED) is 0.658. The molecule has 2 nitrogen and oxygen atoms in total. The van der Waals surface area contributed by atoms with E-state index >= 15 is 0 Å². The first kappa shape index (κ1) is 11.4. The molecule has 0 bridgehead atoms. The van der Waals surface area contributed by atoms with Crippen LogP contribution in [0.1, 0.15) is 11.4 Å². The van der Waals surface area contributed by atoms with Crippen LogP contribution in [-0.4, -0.2) is 9.38 Å². The average molecular weight is 305 g/mol. The molecular weight excluding hydrogens is 295 g/mol. The van der Waals surface area contributed by atoms with E-state index in [1.807, 2.05) is 34.9 Å². The first-order valence-electron chi connectivity index (χ1n) is 5.59. The zero-order valence-electron chi connectivity index (χ0n) is 9.48. The Morgan fingerprint density at radius 2 is 2.00 bits per heavy atom. The normalized spacial score (nSPS) is 11.0. The van der Waals surface area contributed by atoms with E-state index in [0.29, 0.717) is 6.42 Å². The standard InChI is InChI=1S/C14H10BrFN2/c15-13-6-2-5-12-9-17-14(18(12)13)8-10-3-1-4-11(16)7-10/h1-7,9H,8H2. The highest BCUT2D eigenvalue weighted by Crippen LogP contribution is 2.18. The largest absolute Gasteiger partial charge is 0.290 e. The molecule has 3 rings (SSSR count). The highest BCUT2D eigenvalue weighted by molar-refractivity contribution is 9.10. The summed E-state index contributed by atoms with van der Waals surface area (Å²) in [4.78, 5) is 4.39. The predicted molar refractivity (Wildman–Crippen MR) is 72.1 cm³/mol. The summed E-state index contributed by atoms with van der Waals surface area (Å²) in [5.41, 5.74) is 1.94. The van der Waals surface area contributed by atoms with E-state index in [4.69, 9.17) is 0 Å². The van der Waals surface area contributed by atoms with Gasteiger partial charge in [-0.3, -0.25) is 4.40 Å². The number of hydrogen-bond donors (Lipinski definition) is 0. The van der Waals surface area contributed by atoms with E-state index in [-0.39, 0.29) is 5.82 Å². The van der Waals surface area contributed by atoms with Crippen molar-refractivity contribution in [2.24, 2.45) is 0 Å². The minimum Gasteiger partial charge on any atom is -0.290 e. The second-order valence-electron chi connectivity index (χ2n) is 4.09. The minimum atomic E-state index is -0.215. The zero-order chi connectivity index (χ0) is 12.5. The molecule has 90 valence electrons. The maximum atomic E-state index is 13.2. The fraction of sp³-hybridized carbons (Fsp3) is 0.0714. The molecule has 0 fully saturated rings. The van der Waals surface area contributed by atoms with Gasteiger partial charge in [-0.25, -0.2) is 9.37 Å². The monoisotopic (exact) mass is 304 g/mol. The van der Waals surface area contributed by atoms with Crippen LogP contribution in [0.25, 0.3) is 5.52 Å². The fourth-order valence-corrected chi connectivity index (χ4v) is 2.59. The van der Waals surface area contributed by atoms with Crippen molar-refractivity contribution in [3.63, 3.8) is 0 Å². The summed E-state index contributed by atoms with van der Waals surface area (Å²) < 4.78 is 16.1. The Morgan fingerprint density at radius 1 is 1.17 bits per heavy atom. The summed E-state index contributed by atoms with van der Waals surface area (Å²) >= 11 is 3.50. The van der Waals surface area contributed by atoms with Crippen LogP contribution in [0.15, 0.2) is 53.3 Å². The number of rotatable bonds is 2. The molecular formula is C14H10BrFN2. The van der Waals surface area contributed by atoms with E-state index in [1.165, 1.54) is 12.1 Å². The molecule has 0 atom stereocenters. The lowest BCUT2D eigenvalue weighted by Crippen LogP contribution is -1.98. The van der Waals surface area contributed by atoms with Gasteiger partial charge in [-0.05, 0) is 45.8 Å². The maximum absolute atomic E-state index is 13.2. The van der Waals surface area contributed by atoms with E-state index in [1.54, 1.807) is 6.07 Å². The van der Waals surface area contributed by atoms with Gasteiger partial charge >= 0.3 is 0 Å². The van der Waals surface area contributed by atoms with Crippen molar-refractivity contribution in [3.8, 4) is 0 Å². The van der Waals surface area contributed by atoms with Crippen LogP contribution in [0.5, 0.6) is 0 Å². The lowest BCUT2D eigenvalue weighted by atomic mass is 10.1. The second kappa shape index (κ2) is 4.53. The van der Waals surface area contributed by atoms with E-state index in [9.17, 15) is 4.39 Å². The molecule has 0 radical (unpaired) electrons. The third kappa shape index (κ3) is 2.04. The summed E-state index contributed by atoms with van der Waals surface area (Å²) in [5.74, 6) is 0.676. The van der Waals surface area contributed by atoms with Gasteiger partial charge in [-0.1, -0.05) is 18.2 Å². The van der Waals surface area contributed by atoms with Gasteiger partial charge in [0.05, 0.1) is 16.3 Å². The molecule has 1 aromatic carbocycles. The van der Waals surface area contributed by atoms with Gasteiger partial charge in [0.15, 0.2) is 0 Å². The number of pyridine rings is 1. The van der Waals surface area contributed by atoms with Crippen LogP contribution in [0.3, 0.4) is 0 Å². The summed E-state index contributed by atoms with van der Waals surface area (Å²) in [5, 5.41) is 0. The van der Waals surface area contributed by atoms with Crippen molar-refractivity contribution >= 4 is 21.4 Å². The molecule has 0 aliphatic heterocycles. The van der Waals surface area contributed by atoms with Crippen molar-refractivity contribution in [3.05, 3.63) is 70.5 Å². The molecule has 2 aromatic heterocycles. The number of aromatic nitrogens is 2. The first-order valence-corrected chi connectivity index (χ1v) is 6.38. The molecule has 0 N–H and O–H groups in total. The Balaban J connectivity index is 2.05. The highest BCUT2D eigenvalue weighted by Gasteiger charge is 2.07. The molecule has 0 amide bonds. The van der Waals surface area contributed by atoms with Gasteiger partial charge in [0.2, 0.25) is 0 Å². The Kier molecular flexibility index (Phi) is 2.88. The molecule has 0 saturated carbocycles. The number of nitrogens with zero attached hydrogens (tertiary/aromatic N) is 2. The van der Waals surface area contributed by atoms with Crippen molar-refractivity contribution < 1.29 is 4.39 Å². The molecule has 0 spiro atoms. The van der Waals surface area contributed by atoms with E-state index in [0.717, 1.165) is 21.5 Å². The number of fused-ring (bicyclic) bond motifs is 1. The Bertz CT molecular complexity index is 706. The summed E-state index contributed by atoms with van der Waals surface area (Å²) in [6.45, 7) is 0. The van der Waals surface area contributed by atoms with Crippen molar-refractivity contribution in [2.45, 2.75) is 6.42 Å². The van der Waals surface area contributed by atoms with E-state index in [2.05, 4.69) is 20.9 Å². The van der Waals surface area contributed by atoms with Crippen molar-refractivity contribution in [1.82, 2.24) is 9.38 Å². The third-order valence-corrected chi connectivity index (χ3v) is 3.45. The Hall–Kier alpha value is -1.68. The second-order valence-corrected chi connectivity index (χ2v) is 4.90. The van der Waals surface area contributed by atoms with Crippen LogP contribution in [0.2, 0.25) is 0 Å². The van der Waals surface area contributed by atoms with Gasteiger partial charge in [0, 0.05) is 6.42 Å². The zero-order valence-corrected chi connectivity index (χ0v) is 11.1. The highest BCUT2D eigenvalue weighted by atomic mass is 79.9. The molecule has 0 aliphatic rings. The van der Waals surface area contributed by atoms with Gasteiger partial charge in [0.1, 0.15) is 11.6 Å². The number of halogens is 2. The molecule has 4 heteroatoms. The number of imidazole rings is 1.